The minimum Gasteiger partial charge on any atom is -0.488 e. The lowest BCUT2D eigenvalue weighted by molar-refractivity contribution is 0.0341. The first-order valence-electron chi connectivity index (χ1n) is 16.1. The van der Waals surface area contributed by atoms with Crippen LogP contribution in [0.25, 0.3) is 0 Å². The first-order chi connectivity index (χ1) is 23.4. The Morgan fingerprint density at radius 2 is 1.82 bits per heavy atom. The fourth-order valence-electron chi connectivity index (χ4n) is 5.71. The van der Waals surface area contributed by atoms with Crippen LogP contribution >= 0.6 is 0 Å². The van der Waals surface area contributed by atoms with E-state index in [-0.39, 0.29) is 36.0 Å². The molecule has 13 nitrogen and oxygen atoms in total. The van der Waals surface area contributed by atoms with Gasteiger partial charge >= 0.3 is 6.03 Å². The van der Waals surface area contributed by atoms with Gasteiger partial charge in [-0.1, -0.05) is 36.3 Å². The normalized spacial score (nSPS) is 16.6. The van der Waals surface area contributed by atoms with Crippen LogP contribution < -0.4 is 26.4 Å². The average Bonchev–Trinajstić information content (AvgIpc) is 3.39. The number of benzene rings is 3. The number of aliphatic hydroxyl groups excluding tert-OH is 1. The Balaban J connectivity index is 1.29. The number of urea groups is 1. The molecule has 0 saturated carbocycles. The Morgan fingerprint density at radius 3 is 2.49 bits per heavy atom. The highest BCUT2D eigenvalue weighted by atomic mass is 16.5. The van der Waals surface area contributed by atoms with Crippen LogP contribution in [0.2, 0.25) is 0 Å². The number of amides is 4. The summed E-state index contributed by atoms with van der Waals surface area (Å²) in [4.78, 5) is 43.2. The van der Waals surface area contributed by atoms with Gasteiger partial charge in [0.25, 0.3) is 11.8 Å². The molecule has 49 heavy (non-hydrogen) atoms. The maximum Gasteiger partial charge on any atom is 0.323 e. The maximum absolute atomic E-state index is 13.8. The van der Waals surface area contributed by atoms with Gasteiger partial charge in [-0.05, 0) is 75.8 Å². The van der Waals surface area contributed by atoms with E-state index in [0.29, 0.717) is 65.2 Å². The van der Waals surface area contributed by atoms with Crippen LogP contribution in [0.1, 0.15) is 51.6 Å². The predicted molar refractivity (Wildman–Crippen MR) is 188 cm³/mol. The van der Waals surface area contributed by atoms with Gasteiger partial charge in [0.2, 0.25) is 0 Å². The number of likely N-dealkylation sites (N-methyl/N-ethyl adjacent to an activating group) is 1. The molecule has 0 bridgehead atoms. The second-order valence-corrected chi connectivity index (χ2v) is 12.5. The van der Waals surface area contributed by atoms with Gasteiger partial charge in [-0.25, -0.2) is 4.79 Å². The van der Waals surface area contributed by atoms with E-state index in [1.165, 1.54) is 0 Å². The lowest BCUT2D eigenvalue weighted by atomic mass is 9.99. The molecule has 258 valence electrons. The molecule has 4 aromatic rings. The number of ether oxygens (including phenoxy) is 1. The van der Waals surface area contributed by atoms with Crippen LogP contribution in [-0.4, -0.2) is 76.8 Å². The van der Waals surface area contributed by atoms with Crippen molar-refractivity contribution in [3.8, 4) is 5.75 Å². The number of hydrogen-bond acceptors (Lipinski definition) is 9. The first-order valence-corrected chi connectivity index (χ1v) is 16.1. The molecule has 0 radical (unpaired) electrons. The van der Waals surface area contributed by atoms with Gasteiger partial charge in [0, 0.05) is 36.8 Å². The third kappa shape index (κ3) is 8.37. The van der Waals surface area contributed by atoms with Crippen molar-refractivity contribution in [2.75, 3.05) is 48.4 Å². The molecule has 1 aliphatic heterocycles. The zero-order valence-corrected chi connectivity index (χ0v) is 28.3. The van der Waals surface area contributed by atoms with Crippen molar-refractivity contribution in [2.24, 2.45) is 5.92 Å². The van der Waals surface area contributed by atoms with E-state index in [1.54, 1.807) is 68.1 Å². The Labute approximate surface area is 285 Å². The van der Waals surface area contributed by atoms with E-state index < -0.39 is 12.1 Å². The summed E-state index contributed by atoms with van der Waals surface area (Å²) < 4.78 is 11.6. The number of anilines is 4. The predicted octanol–water partition coefficient (Wildman–Crippen LogP) is 5.12. The fourth-order valence-corrected chi connectivity index (χ4v) is 5.71. The summed E-state index contributed by atoms with van der Waals surface area (Å²) in [6.07, 6.45) is -0.312. The van der Waals surface area contributed by atoms with Crippen molar-refractivity contribution in [1.29, 1.82) is 0 Å². The second-order valence-electron chi connectivity index (χ2n) is 12.5. The number of para-hydroxylation sites is 2. The van der Waals surface area contributed by atoms with Gasteiger partial charge in [0.15, 0.2) is 5.76 Å². The SMILES string of the molecule is Cc1noc(C)c1NC(=O)Nc1ccc2c(c1)C(=O)N([C@@H](C)CO)C[C@@H](C)[C@@H](CN(C)Cc1ccc(C(=O)Nc3ccccc3N)cc1)O2. The van der Waals surface area contributed by atoms with Gasteiger partial charge in [0.05, 0.1) is 29.6 Å². The molecule has 0 saturated heterocycles. The summed E-state index contributed by atoms with van der Waals surface area (Å²) in [5.41, 5.74) is 10.2. The van der Waals surface area contributed by atoms with Crippen LogP contribution in [0.3, 0.4) is 0 Å². The molecule has 3 aromatic carbocycles. The zero-order chi connectivity index (χ0) is 35.2. The van der Waals surface area contributed by atoms with Gasteiger partial charge in [-0.2, -0.15) is 0 Å². The molecule has 3 atom stereocenters. The van der Waals surface area contributed by atoms with Crippen LogP contribution in [0.4, 0.5) is 27.5 Å². The van der Waals surface area contributed by atoms with Gasteiger partial charge in [-0.15, -0.1) is 0 Å². The van der Waals surface area contributed by atoms with Crippen LogP contribution in [0.15, 0.2) is 71.3 Å². The van der Waals surface area contributed by atoms with Crippen LogP contribution in [-0.2, 0) is 6.54 Å². The molecule has 4 amide bonds. The molecule has 0 unspecified atom stereocenters. The molecular weight excluding hydrogens is 626 g/mol. The van der Waals surface area contributed by atoms with Crippen LogP contribution in [0, 0.1) is 19.8 Å². The topological polar surface area (TPSA) is 175 Å². The first kappa shape index (κ1) is 34.9. The third-order valence-corrected chi connectivity index (χ3v) is 8.56. The molecule has 0 spiro atoms. The molecule has 6 N–H and O–H groups in total. The van der Waals surface area contributed by atoms with Crippen molar-refractivity contribution in [3.05, 3.63) is 94.9 Å². The number of nitrogen functional groups attached to an aromatic ring is 1. The number of fused-ring (bicyclic) bond motifs is 1. The van der Waals surface area contributed by atoms with Gasteiger partial charge < -0.3 is 41.0 Å². The summed E-state index contributed by atoms with van der Waals surface area (Å²) in [7, 11) is 1.98. The van der Waals surface area contributed by atoms with Crippen molar-refractivity contribution in [3.63, 3.8) is 0 Å². The number of aromatic nitrogens is 1. The fraction of sp³-hybridized carbons (Fsp3) is 0.333. The molecule has 13 heteroatoms. The Morgan fingerprint density at radius 1 is 1.08 bits per heavy atom. The summed E-state index contributed by atoms with van der Waals surface area (Å²) >= 11 is 0. The summed E-state index contributed by atoms with van der Waals surface area (Å²) in [5.74, 6) is 0.232. The lowest BCUT2D eigenvalue weighted by Gasteiger charge is -2.38. The molecule has 0 aliphatic carbocycles. The van der Waals surface area contributed by atoms with E-state index in [1.807, 2.05) is 38.2 Å². The van der Waals surface area contributed by atoms with Crippen molar-refractivity contribution in [1.82, 2.24) is 15.0 Å². The lowest BCUT2D eigenvalue weighted by Crippen LogP contribution is -2.49. The summed E-state index contributed by atoms with van der Waals surface area (Å²) in [5, 5.41) is 22.2. The van der Waals surface area contributed by atoms with Crippen molar-refractivity contribution < 1.29 is 28.8 Å². The number of aryl methyl sites for hydroxylation is 2. The number of rotatable bonds is 10. The van der Waals surface area contributed by atoms with E-state index in [2.05, 4.69) is 26.0 Å². The highest BCUT2D eigenvalue weighted by molar-refractivity contribution is 6.06. The maximum atomic E-state index is 13.8. The smallest absolute Gasteiger partial charge is 0.323 e. The molecule has 1 aliphatic rings. The average molecular weight is 670 g/mol. The van der Waals surface area contributed by atoms with Crippen molar-refractivity contribution in [2.45, 2.75) is 46.4 Å². The number of aliphatic hydroxyl groups is 1. The number of carbonyl (C=O) groups is 3. The van der Waals surface area contributed by atoms with Crippen molar-refractivity contribution >= 4 is 40.6 Å². The van der Waals surface area contributed by atoms with E-state index in [4.69, 9.17) is 15.0 Å². The molecular formula is C36H43N7O6. The van der Waals surface area contributed by atoms with Gasteiger partial charge in [-0.3, -0.25) is 14.5 Å². The third-order valence-electron chi connectivity index (χ3n) is 8.56. The Hall–Kier alpha value is -5.40. The highest BCUT2D eigenvalue weighted by Crippen LogP contribution is 2.31. The van der Waals surface area contributed by atoms with Gasteiger partial charge in [0.1, 0.15) is 23.2 Å². The summed E-state index contributed by atoms with van der Waals surface area (Å²) in [6, 6.07) is 18.5. The Kier molecular flexibility index (Phi) is 10.8. The molecule has 0 fully saturated rings. The minimum atomic E-state index is -0.517. The number of hydrogen-bond donors (Lipinski definition) is 5. The number of carbonyl (C=O) groups excluding carboxylic acids is 3. The van der Waals surface area contributed by atoms with E-state index in [9.17, 15) is 19.5 Å². The standard InChI is InChI=1S/C36H43N7O6/c1-21-17-43(22(2)20-44)35(46)28-16-27(38-36(47)40-33-23(3)41-49-24(33)4)14-15-31(28)48-32(21)19-42(5)18-25-10-12-26(13-11-25)34(45)39-30-9-7-6-8-29(30)37/h6-16,21-22,32,44H,17-20,37H2,1-5H3,(H,39,45)(H2,38,40,47)/t21-,22+,32-/m1/s1. The number of nitrogens with one attached hydrogen (secondary N) is 3. The zero-order valence-electron chi connectivity index (χ0n) is 28.3. The summed E-state index contributed by atoms with van der Waals surface area (Å²) in [6.45, 7) is 8.52. The molecule has 1 aromatic heterocycles. The number of nitrogens with zero attached hydrogens (tertiary/aromatic N) is 3. The largest absolute Gasteiger partial charge is 0.488 e. The molecule has 5 rings (SSSR count). The second kappa shape index (κ2) is 15.2. The van der Waals surface area contributed by atoms with E-state index >= 15 is 0 Å². The minimum absolute atomic E-state index is 0.0799. The molecule has 2 heterocycles. The van der Waals surface area contributed by atoms with E-state index in [0.717, 1.165) is 5.56 Å². The monoisotopic (exact) mass is 669 g/mol. The highest BCUT2D eigenvalue weighted by Gasteiger charge is 2.33. The number of nitrogens with two attached hydrogens (primary N) is 1. The quantitative estimate of drug-likeness (QED) is 0.144. The van der Waals surface area contributed by atoms with Crippen LogP contribution in [0.5, 0.6) is 5.75 Å². The Bertz CT molecular complexity index is 1790.